The van der Waals surface area contributed by atoms with Crippen molar-refractivity contribution in [1.29, 1.82) is 0 Å². The van der Waals surface area contributed by atoms with E-state index in [4.69, 9.17) is 17.2 Å². The molecule has 1 rings (SSSR count). The summed E-state index contributed by atoms with van der Waals surface area (Å²) in [6.07, 6.45) is -3.40. The van der Waals surface area contributed by atoms with Gasteiger partial charge in [-0.25, -0.2) is 4.98 Å². The SMILES string of the molecule is Cl.Cl.NC(N)=NCCCC(NC(=O)Cn1cncc(N)c1=O)C(=O)C(F)(F)F. The fraction of sp³-hybridized carbons (Fsp3) is 0.462. The van der Waals surface area contributed by atoms with Crippen LogP contribution in [0.15, 0.2) is 22.3 Å². The van der Waals surface area contributed by atoms with Gasteiger partial charge in [-0.1, -0.05) is 0 Å². The Balaban J connectivity index is 0. The molecule has 0 radical (unpaired) electrons. The first-order valence-electron chi connectivity index (χ1n) is 7.28. The molecule has 7 N–H and O–H groups in total. The number of nitrogens with two attached hydrogens (primary N) is 3. The number of aromatic nitrogens is 2. The van der Waals surface area contributed by atoms with Crippen LogP contribution in [0.25, 0.3) is 0 Å². The van der Waals surface area contributed by atoms with Gasteiger partial charge in [-0.3, -0.25) is 23.9 Å². The van der Waals surface area contributed by atoms with Gasteiger partial charge in [0.05, 0.1) is 18.6 Å². The smallest absolute Gasteiger partial charge is 0.393 e. The average Bonchev–Trinajstić information content (AvgIpc) is 2.53. The lowest BCUT2D eigenvalue weighted by Crippen LogP contribution is -2.48. The van der Waals surface area contributed by atoms with E-state index in [1.807, 2.05) is 5.32 Å². The van der Waals surface area contributed by atoms with Crippen molar-refractivity contribution in [2.45, 2.75) is 31.6 Å². The topological polar surface area (TPSA) is 171 Å². The van der Waals surface area contributed by atoms with Crippen molar-refractivity contribution in [3.05, 3.63) is 22.9 Å². The fourth-order valence-corrected chi connectivity index (χ4v) is 1.94. The number of Topliss-reactive ketones (excluding diaryl/α,β-unsaturated/α-hetero) is 1. The van der Waals surface area contributed by atoms with Gasteiger partial charge in [0, 0.05) is 6.54 Å². The summed E-state index contributed by atoms with van der Waals surface area (Å²) in [6.45, 7) is -0.662. The van der Waals surface area contributed by atoms with E-state index in [0.717, 1.165) is 17.1 Å². The lowest BCUT2D eigenvalue weighted by Gasteiger charge is -2.19. The molecular formula is C13H20Cl2F3N7O3. The molecule has 0 saturated carbocycles. The molecule has 0 saturated heterocycles. The summed E-state index contributed by atoms with van der Waals surface area (Å²) in [5, 5.41) is 1.96. The Morgan fingerprint density at radius 1 is 1.29 bits per heavy atom. The van der Waals surface area contributed by atoms with Gasteiger partial charge in [-0.15, -0.1) is 24.8 Å². The van der Waals surface area contributed by atoms with E-state index in [9.17, 15) is 27.6 Å². The van der Waals surface area contributed by atoms with E-state index < -0.39 is 36.0 Å². The van der Waals surface area contributed by atoms with Gasteiger partial charge in [0.15, 0.2) is 5.96 Å². The number of amides is 1. The second-order valence-corrected chi connectivity index (χ2v) is 5.21. The molecule has 1 unspecified atom stereocenters. The Bertz CT molecular complexity index is 752. The number of nitrogens with zero attached hydrogens (tertiary/aromatic N) is 3. The van der Waals surface area contributed by atoms with Gasteiger partial charge in [-0.2, -0.15) is 13.2 Å². The molecule has 1 heterocycles. The lowest BCUT2D eigenvalue weighted by atomic mass is 10.1. The molecule has 0 aromatic carbocycles. The zero-order valence-corrected chi connectivity index (χ0v) is 15.9. The van der Waals surface area contributed by atoms with Gasteiger partial charge < -0.3 is 22.5 Å². The van der Waals surface area contributed by atoms with Gasteiger partial charge in [-0.05, 0) is 12.8 Å². The number of guanidine groups is 1. The number of rotatable bonds is 8. The average molecular weight is 450 g/mol. The molecular weight excluding hydrogens is 430 g/mol. The number of nitrogens with one attached hydrogen (secondary N) is 1. The highest BCUT2D eigenvalue weighted by molar-refractivity contribution is 5.92. The molecule has 15 heteroatoms. The van der Waals surface area contributed by atoms with Crippen LogP contribution in [0.5, 0.6) is 0 Å². The third-order valence-corrected chi connectivity index (χ3v) is 3.12. The quantitative estimate of drug-likeness (QED) is 0.231. The number of carbonyl (C=O) groups is 2. The summed E-state index contributed by atoms with van der Waals surface area (Å²) in [5.74, 6) is -3.35. The maximum absolute atomic E-state index is 12.7. The van der Waals surface area contributed by atoms with Crippen LogP contribution in [0.3, 0.4) is 0 Å². The van der Waals surface area contributed by atoms with Crippen LogP contribution in [0.4, 0.5) is 18.9 Å². The standard InChI is InChI=1S/C13H18F3N7O3.2ClH/c14-13(15,16)10(25)8(2-1-3-21-12(18)19)22-9(24)5-23-6-20-4-7(17)11(23)26;;/h4,6,8H,1-3,5,17H2,(H,22,24)(H4,18,19,21);2*1H. The second kappa shape index (κ2) is 12.0. The minimum absolute atomic E-state index is 0. The van der Waals surface area contributed by atoms with Gasteiger partial charge in [0.2, 0.25) is 5.91 Å². The minimum atomic E-state index is -5.14. The summed E-state index contributed by atoms with van der Waals surface area (Å²) < 4.78 is 38.8. The van der Waals surface area contributed by atoms with E-state index >= 15 is 0 Å². The number of ketones is 1. The Morgan fingerprint density at radius 3 is 2.43 bits per heavy atom. The predicted octanol–water partition coefficient (Wildman–Crippen LogP) is -0.661. The van der Waals surface area contributed by atoms with Crippen LogP contribution in [-0.2, 0) is 16.1 Å². The zero-order chi connectivity index (χ0) is 19.9. The first-order valence-corrected chi connectivity index (χ1v) is 7.28. The van der Waals surface area contributed by atoms with Gasteiger partial charge >= 0.3 is 6.18 Å². The Morgan fingerprint density at radius 2 is 1.89 bits per heavy atom. The molecule has 1 atom stereocenters. The molecule has 1 aromatic heterocycles. The van der Waals surface area contributed by atoms with Crippen molar-refractivity contribution in [3.63, 3.8) is 0 Å². The zero-order valence-electron chi connectivity index (χ0n) is 14.3. The molecule has 28 heavy (non-hydrogen) atoms. The van der Waals surface area contributed by atoms with Crippen LogP contribution in [0.2, 0.25) is 0 Å². The van der Waals surface area contributed by atoms with Crippen LogP contribution in [0, 0.1) is 0 Å². The van der Waals surface area contributed by atoms with Crippen molar-refractivity contribution in [1.82, 2.24) is 14.9 Å². The van der Waals surface area contributed by atoms with Crippen LogP contribution >= 0.6 is 24.8 Å². The summed E-state index contributed by atoms with van der Waals surface area (Å²) >= 11 is 0. The predicted molar refractivity (Wildman–Crippen MR) is 100 cm³/mol. The third kappa shape index (κ3) is 8.90. The monoisotopic (exact) mass is 449 g/mol. The Labute approximate surface area is 169 Å². The van der Waals surface area contributed by atoms with Crippen molar-refractivity contribution in [2.24, 2.45) is 16.5 Å². The maximum atomic E-state index is 12.7. The number of anilines is 1. The molecule has 160 valence electrons. The van der Waals surface area contributed by atoms with Crippen molar-refractivity contribution in [2.75, 3.05) is 12.3 Å². The molecule has 0 aliphatic carbocycles. The number of hydrogen-bond acceptors (Lipinski definition) is 6. The fourth-order valence-electron chi connectivity index (χ4n) is 1.94. The van der Waals surface area contributed by atoms with Crippen LogP contribution in [-0.4, -0.2) is 46.0 Å². The van der Waals surface area contributed by atoms with Gasteiger partial charge in [0.1, 0.15) is 12.2 Å². The second-order valence-electron chi connectivity index (χ2n) is 5.21. The molecule has 0 spiro atoms. The van der Waals surface area contributed by atoms with E-state index in [2.05, 4.69) is 9.98 Å². The molecule has 0 aliphatic rings. The number of carbonyl (C=O) groups excluding carboxylic acids is 2. The number of nitrogen functional groups attached to an aromatic ring is 1. The summed E-state index contributed by atoms with van der Waals surface area (Å²) in [7, 11) is 0. The number of alkyl halides is 3. The Hall–Kier alpha value is -2.54. The lowest BCUT2D eigenvalue weighted by molar-refractivity contribution is -0.174. The number of aliphatic imine (C=N–C) groups is 1. The van der Waals surface area contributed by atoms with Gasteiger partial charge in [0.25, 0.3) is 11.3 Å². The molecule has 0 fully saturated rings. The van der Waals surface area contributed by atoms with E-state index in [1.165, 1.54) is 0 Å². The van der Waals surface area contributed by atoms with Crippen molar-refractivity contribution < 1.29 is 22.8 Å². The molecule has 1 aromatic rings. The van der Waals surface area contributed by atoms with Crippen LogP contribution in [0.1, 0.15) is 12.8 Å². The largest absolute Gasteiger partial charge is 0.452 e. The third-order valence-electron chi connectivity index (χ3n) is 3.12. The number of hydrogen-bond donors (Lipinski definition) is 4. The number of halogens is 5. The molecule has 0 aliphatic heterocycles. The Kier molecular flexibility index (Phi) is 11.9. The van der Waals surface area contributed by atoms with Crippen LogP contribution < -0.4 is 28.1 Å². The minimum Gasteiger partial charge on any atom is -0.393 e. The first-order chi connectivity index (χ1) is 12.0. The molecule has 0 bridgehead atoms. The summed E-state index contributed by atoms with van der Waals surface area (Å²) in [5.41, 5.74) is 14.6. The van der Waals surface area contributed by atoms with Crippen molar-refractivity contribution >= 4 is 48.2 Å². The highest BCUT2D eigenvalue weighted by atomic mass is 35.5. The van der Waals surface area contributed by atoms with E-state index in [1.54, 1.807) is 0 Å². The highest BCUT2D eigenvalue weighted by Gasteiger charge is 2.43. The molecule has 10 nitrogen and oxygen atoms in total. The summed E-state index contributed by atoms with van der Waals surface area (Å²) in [4.78, 5) is 42.3. The normalized spacial score (nSPS) is 11.4. The van der Waals surface area contributed by atoms with E-state index in [0.29, 0.717) is 0 Å². The van der Waals surface area contributed by atoms with Crippen molar-refractivity contribution in [3.8, 4) is 0 Å². The first kappa shape index (κ1) is 27.7. The molecule has 1 amide bonds. The highest BCUT2D eigenvalue weighted by Crippen LogP contribution is 2.20. The summed E-state index contributed by atoms with van der Waals surface area (Å²) in [6, 6.07) is -1.83. The van der Waals surface area contributed by atoms with E-state index in [-0.39, 0.29) is 55.8 Å². The maximum Gasteiger partial charge on any atom is 0.452 e.